The minimum atomic E-state index is -3.25. The average molecular weight is 229 g/mol. The topological polar surface area (TPSA) is 88.8 Å². The van der Waals surface area contributed by atoms with Crippen LogP contribution in [0, 0.1) is 5.92 Å². The number of rotatable bonds is 3. The van der Waals surface area contributed by atoms with Gasteiger partial charge in [0.2, 0.25) is 0 Å². The fourth-order valence-corrected chi connectivity index (χ4v) is 3.84. The predicted molar refractivity (Wildman–Crippen MR) is 57.0 cm³/mol. The van der Waals surface area contributed by atoms with E-state index in [1.165, 1.54) is 6.20 Å². The first-order valence-corrected chi connectivity index (χ1v) is 6.76. The van der Waals surface area contributed by atoms with Crippen molar-refractivity contribution in [1.82, 2.24) is 10.2 Å². The number of nitrogens with zero attached hydrogens (tertiary/aromatic N) is 1. The second-order valence-corrected chi connectivity index (χ2v) is 6.08. The molecule has 0 unspecified atom stereocenters. The maximum atomic E-state index is 11.9. The van der Waals surface area contributed by atoms with Gasteiger partial charge >= 0.3 is 0 Å². The third kappa shape index (κ3) is 2.14. The molecule has 6 heteroatoms. The van der Waals surface area contributed by atoms with Crippen LogP contribution >= 0.6 is 0 Å². The molecule has 1 fully saturated rings. The van der Waals surface area contributed by atoms with Crippen LogP contribution in [0.15, 0.2) is 11.1 Å². The summed E-state index contributed by atoms with van der Waals surface area (Å²) >= 11 is 0. The summed E-state index contributed by atoms with van der Waals surface area (Å²) in [5, 5.41) is 6.08. The van der Waals surface area contributed by atoms with Gasteiger partial charge in [0.25, 0.3) is 0 Å². The smallest absolute Gasteiger partial charge is 0.183 e. The van der Waals surface area contributed by atoms with Crippen molar-refractivity contribution in [3.05, 3.63) is 6.20 Å². The van der Waals surface area contributed by atoms with Gasteiger partial charge in [0.15, 0.2) is 9.84 Å². The number of hydrogen-bond donors (Lipinski definition) is 2. The lowest BCUT2D eigenvalue weighted by molar-refractivity contribution is 0.559. The van der Waals surface area contributed by atoms with E-state index < -0.39 is 9.84 Å². The molecule has 0 aliphatic heterocycles. The number of nitrogens with two attached hydrogens (primary N) is 1. The molecular weight excluding hydrogens is 214 g/mol. The van der Waals surface area contributed by atoms with Crippen LogP contribution in [0.1, 0.15) is 25.7 Å². The van der Waals surface area contributed by atoms with Crippen molar-refractivity contribution >= 4 is 15.7 Å². The van der Waals surface area contributed by atoms with E-state index in [1.54, 1.807) is 0 Å². The Morgan fingerprint density at radius 2 is 2.13 bits per heavy atom. The van der Waals surface area contributed by atoms with Crippen LogP contribution in [0.2, 0.25) is 0 Å². The zero-order valence-electron chi connectivity index (χ0n) is 8.44. The molecule has 5 nitrogen and oxygen atoms in total. The van der Waals surface area contributed by atoms with Crippen LogP contribution in [0.5, 0.6) is 0 Å². The third-order valence-electron chi connectivity index (χ3n) is 2.90. The van der Waals surface area contributed by atoms with Crippen molar-refractivity contribution in [1.29, 1.82) is 0 Å². The standard InChI is InChI=1S/C9H15N3O2S/c10-9-8(5-11-12-9)15(13,14)6-7-3-1-2-4-7/h5,7H,1-4,6H2,(H3,10,11,12). The molecule has 15 heavy (non-hydrogen) atoms. The molecular formula is C9H15N3O2S. The Morgan fingerprint density at radius 3 is 2.67 bits per heavy atom. The Balaban J connectivity index is 2.16. The Morgan fingerprint density at radius 1 is 1.47 bits per heavy atom. The number of sulfone groups is 1. The predicted octanol–water partition coefficient (Wildman–Crippen LogP) is 0.956. The van der Waals surface area contributed by atoms with E-state index in [0.29, 0.717) is 5.92 Å². The highest BCUT2D eigenvalue weighted by Crippen LogP contribution is 2.28. The summed E-state index contributed by atoms with van der Waals surface area (Å²) in [6.45, 7) is 0. The first-order valence-electron chi connectivity index (χ1n) is 5.11. The molecule has 0 atom stereocenters. The minimum absolute atomic E-state index is 0.146. The Kier molecular flexibility index (Phi) is 2.68. The zero-order valence-corrected chi connectivity index (χ0v) is 9.26. The molecule has 0 aromatic carbocycles. The molecule has 1 saturated carbocycles. The summed E-state index contributed by atoms with van der Waals surface area (Å²) in [4.78, 5) is 0.148. The van der Waals surface area contributed by atoms with Crippen molar-refractivity contribution in [2.75, 3.05) is 11.5 Å². The van der Waals surface area contributed by atoms with Crippen LogP contribution in [0.25, 0.3) is 0 Å². The van der Waals surface area contributed by atoms with Crippen molar-refractivity contribution in [3.63, 3.8) is 0 Å². The normalized spacial score (nSPS) is 18.4. The highest BCUT2D eigenvalue weighted by atomic mass is 32.2. The van der Waals surface area contributed by atoms with Gasteiger partial charge in [0.05, 0.1) is 11.9 Å². The van der Waals surface area contributed by atoms with Gasteiger partial charge in [0, 0.05) is 0 Å². The molecule has 0 bridgehead atoms. The fourth-order valence-electron chi connectivity index (χ4n) is 2.11. The Hall–Kier alpha value is -1.04. The van der Waals surface area contributed by atoms with Crippen molar-refractivity contribution < 1.29 is 8.42 Å². The lowest BCUT2D eigenvalue weighted by atomic mass is 10.1. The number of nitrogen functional groups attached to an aromatic ring is 1. The number of anilines is 1. The van der Waals surface area contributed by atoms with Gasteiger partial charge < -0.3 is 5.73 Å². The van der Waals surface area contributed by atoms with E-state index >= 15 is 0 Å². The number of nitrogens with one attached hydrogen (secondary N) is 1. The maximum absolute atomic E-state index is 11.9. The second-order valence-electron chi connectivity index (χ2n) is 4.08. The molecule has 1 aliphatic carbocycles. The van der Waals surface area contributed by atoms with Crippen molar-refractivity contribution in [3.8, 4) is 0 Å². The SMILES string of the molecule is Nc1[nH]ncc1S(=O)(=O)CC1CCCC1. The second kappa shape index (κ2) is 3.84. The number of aromatic nitrogens is 2. The average Bonchev–Trinajstić information content (AvgIpc) is 2.75. The molecule has 3 N–H and O–H groups in total. The first-order chi connectivity index (χ1) is 7.09. The number of aromatic amines is 1. The van der Waals surface area contributed by atoms with Gasteiger partial charge in [0.1, 0.15) is 10.7 Å². The molecule has 2 rings (SSSR count). The summed E-state index contributed by atoms with van der Waals surface area (Å²) in [6.07, 6.45) is 5.59. The minimum Gasteiger partial charge on any atom is -0.383 e. The van der Waals surface area contributed by atoms with E-state index in [-0.39, 0.29) is 16.5 Å². The van der Waals surface area contributed by atoms with Crippen LogP contribution in [-0.4, -0.2) is 24.4 Å². The molecule has 1 aromatic heterocycles. The lowest BCUT2D eigenvalue weighted by Gasteiger charge is -2.08. The van der Waals surface area contributed by atoms with Crippen LogP contribution in [0.3, 0.4) is 0 Å². The number of H-pyrrole nitrogens is 1. The van der Waals surface area contributed by atoms with Gasteiger partial charge in [-0.3, -0.25) is 5.10 Å². The Bertz CT molecular complexity index is 432. The van der Waals surface area contributed by atoms with E-state index in [9.17, 15) is 8.42 Å². The number of hydrogen-bond acceptors (Lipinski definition) is 4. The highest BCUT2D eigenvalue weighted by Gasteiger charge is 2.26. The lowest BCUT2D eigenvalue weighted by Crippen LogP contribution is -2.14. The quantitative estimate of drug-likeness (QED) is 0.807. The van der Waals surface area contributed by atoms with E-state index in [1.807, 2.05) is 0 Å². The highest BCUT2D eigenvalue weighted by molar-refractivity contribution is 7.91. The fraction of sp³-hybridized carbons (Fsp3) is 0.667. The van der Waals surface area contributed by atoms with Gasteiger partial charge in [-0.25, -0.2) is 8.42 Å². The summed E-state index contributed by atoms with van der Waals surface area (Å²) in [5.74, 6) is 0.647. The third-order valence-corrected chi connectivity index (χ3v) is 4.80. The summed E-state index contributed by atoms with van der Waals surface area (Å²) in [7, 11) is -3.25. The van der Waals surface area contributed by atoms with Gasteiger partial charge in [-0.1, -0.05) is 12.8 Å². The van der Waals surface area contributed by atoms with E-state index in [4.69, 9.17) is 5.73 Å². The van der Waals surface area contributed by atoms with E-state index in [2.05, 4.69) is 10.2 Å². The molecule has 1 aromatic rings. The molecule has 84 valence electrons. The molecule has 1 aliphatic rings. The molecule has 0 spiro atoms. The zero-order chi connectivity index (χ0) is 10.9. The molecule has 0 radical (unpaired) electrons. The summed E-state index contributed by atoms with van der Waals surface area (Å²) in [6, 6.07) is 0. The van der Waals surface area contributed by atoms with Gasteiger partial charge in [-0.2, -0.15) is 5.10 Å². The van der Waals surface area contributed by atoms with Crippen LogP contribution in [-0.2, 0) is 9.84 Å². The Labute approximate surface area is 89.0 Å². The maximum Gasteiger partial charge on any atom is 0.183 e. The largest absolute Gasteiger partial charge is 0.383 e. The summed E-state index contributed by atoms with van der Waals surface area (Å²) in [5.41, 5.74) is 5.50. The van der Waals surface area contributed by atoms with Gasteiger partial charge in [-0.05, 0) is 18.8 Å². The monoisotopic (exact) mass is 229 g/mol. The molecule has 1 heterocycles. The molecule has 0 amide bonds. The first kappa shape index (κ1) is 10.5. The van der Waals surface area contributed by atoms with Crippen LogP contribution < -0.4 is 5.73 Å². The van der Waals surface area contributed by atoms with Crippen LogP contribution in [0.4, 0.5) is 5.82 Å². The van der Waals surface area contributed by atoms with Crippen molar-refractivity contribution in [2.24, 2.45) is 5.92 Å². The molecule has 0 saturated heterocycles. The summed E-state index contributed by atoms with van der Waals surface area (Å²) < 4.78 is 23.9. The van der Waals surface area contributed by atoms with E-state index in [0.717, 1.165) is 25.7 Å². The van der Waals surface area contributed by atoms with Crippen molar-refractivity contribution in [2.45, 2.75) is 30.6 Å². The van der Waals surface area contributed by atoms with Gasteiger partial charge in [-0.15, -0.1) is 0 Å².